The number of rotatable bonds is 9. The van der Waals surface area contributed by atoms with Gasteiger partial charge >= 0.3 is 0 Å². The lowest BCUT2D eigenvalue weighted by molar-refractivity contribution is -0.121. The molecule has 0 bridgehead atoms. The van der Waals surface area contributed by atoms with Crippen LogP contribution in [0.3, 0.4) is 0 Å². The van der Waals surface area contributed by atoms with Crippen molar-refractivity contribution in [3.63, 3.8) is 0 Å². The molecule has 1 rings (SSSR count). The predicted octanol–water partition coefficient (Wildman–Crippen LogP) is 1.33. The molecule has 118 valence electrons. The van der Waals surface area contributed by atoms with Crippen LogP contribution in [0.5, 0.6) is 17.2 Å². The summed E-state index contributed by atoms with van der Waals surface area (Å²) in [5, 5.41) is 5.80. The number of hydrogen-bond acceptors (Lipinski definition) is 5. The topological polar surface area (TPSA) is 68.8 Å². The van der Waals surface area contributed by atoms with Crippen molar-refractivity contribution >= 4 is 5.91 Å². The lowest BCUT2D eigenvalue weighted by Crippen LogP contribution is -2.24. The Balaban J connectivity index is 2.81. The van der Waals surface area contributed by atoms with Crippen LogP contribution in [0.15, 0.2) is 12.1 Å². The van der Waals surface area contributed by atoms with E-state index in [1.54, 1.807) is 14.2 Å². The van der Waals surface area contributed by atoms with Crippen LogP contribution >= 0.6 is 0 Å². The van der Waals surface area contributed by atoms with Crippen LogP contribution in [0, 0.1) is 0 Å². The van der Waals surface area contributed by atoms with Crippen LogP contribution in [0.25, 0.3) is 0 Å². The molecule has 21 heavy (non-hydrogen) atoms. The highest BCUT2D eigenvalue weighted by atomic mass is 16.5. The molecule has 0 radical (unpaired) electrons. The third kappa shape index (κ3) is 5.15. The standard InChI is InChI=1S/C15H24N2O4/c1-5-17-14(18)6-7-21-15-12(19-3)8-11(10-16-2)9-13(15)20-4/h8-9,16H,5-7,10H2,1-4H3,(H,17,18). The van der Waals surface area contributed by atoms with E-state index in [2.05, 4.69) is 10.6 Å². The van der Waals surface area contributed by atoms with Crippen molar-refractivity contribution in [2.75, 3.05) is 34.4 Å². The molecule has 0 aliphatic carbocycles. The SMILES string of the molecule is CCNC(=O)CCOc1c(OC)cc(CNC)cc1OC. The third-order valence-corrected chi connectivity index (χ3v) is 2.85. The minimum absolute atomic E-state index is 0.0396. The third-order valence-electron chi connectivity index (χ3n) is 2.85. The van der Waals surface area contributed by atoms with E-state index in [1.165, 1.54) is 0 Å². The molecule has 1 amide bonds. The van der Waals surface area contributed by atoms with E-state index in [0.29, 0.717) is 36.8 Å². The van der Waals surface area contributed by atoms with Gasteiger partial charge < -0.3 is 24.8 Å². The lowest BCUT2D eigenvalue weighted by atomic mass is 10.2. The zero-order valence-electron chi connectivity index (χ0n) is 13.1. The van der Waals surface area contributed by atoms with Crippen molar-refractivity contribution in [2.45, 2.75) is 19.9 Å². The second-order valence-electron chi connectivity index (χ2n) is 4.41. The minimum atomic E-state index is -0.0396. The van der Waals surface area contributed by atoms with Gasteiger partial charge in [0.15, 0.2) is 11.5 Å². The van der Waals surface area contributed by atoms with Crippen molar-refractivity contribution in [2.24, 2.45) is 0 Å². The fourth-order valence-electron chi connectivity index (χ4n) is 1.91. The van der Waals surface area contributed by atoms with Gasteiger partial charge in [-0.2, -0.15) is 0 Å². The summed E-state index contributed by atoms with van der Waals surface area (Å²) >= 11 is 0. The van der Waals surface area contributed by atoms with Crippen LogP contribution in [0.1, 0.15) is 18.9 Å². The smallest absolute Gasteiger partial charge is 0.223 e. The number of amides is 1. The Morgan fingerprint density at radius 2 is 1.81 bits per heavy atom. The second kappa shape index (κ2) is 9.07. The van der Waals surface area contributed by atoms with Gasteiger partial charge in [-0.1, -0.05) is 0 Å². The molecule has 6 nitrogen and oxygen atoms in total. The summed E-state index contributed by atoms with van der Waals surface area (Å²) < 4.78 is 16.4. The largest absolute Gasteiger partial charge is 0.493 e. The van der Waals surface area contributed by atoms with E-state index in [-0.39, 0.29) is 12.5 Å². The number of hydrogen-bond donors (Lipinski definition) is 2. The van der Waals surface area contributed by atoms with Gasteiger partial charge in [0.1, 0.15) is 0 Å². The van der Waals surface area contributed by atoms with Gasteiger partial charge in [0, 0.05) is 13.1 Å². The molecule has 0 saturated heterocycles. The van der Waals surface area contributed by atoms with E-state index in [1.807, 2.05) is 26.1 Å². The Morgan fingerprint density at radius 1 is 1.19 bits per heavy atom. The van der Waals surface area contributed by atoms with Crippen molar-refractivity contribution < 1.29 is 19.0 Å². The zero-order valence-corrected chi connectivity index (χ0v) is 13.1. The zero-order chi connectivity index (χ0) is 15.7. The van der Waals surface area contributed by atoms with Gasteiger partial charge in [0.2, 0.25) is 11.7 Å². The first-order valence-electron chi connectivity index (χ1n) is 6.95. The summed E-state index contributed by atoms with van der Waals surface area (Å²) in [6.07, 6.45) is 0.290. The number of ether oxygens (including phenoxy) is 3. The number of methoxy groups -OCH3 is 2. The summed E-state index contributed by atoms with van der Waals surface area (Å²) in [5.41, 5.74) is 1.03. The van der Waals surface area contributed by atoms with Crippen molar-refractivity contribution in [1.82, 2.24) is 10.6 Å². The Bertz CT molecular complexity index is 438. The molecule has 0 aliphatic heterocycles. The molecule has 1 aromatic rings. The molecule has 2 N–H and O–H groups in total. The lowest BCUT2D eigenvalue weighted by Gasteiger charge is -2.16. The summed E-state index contributed by atoms with van der Waals surface area (Å²) in [6.45, 7) is 3.46. The van der Waals surface area contributed by atoms with Gasteiger partial charge in [-0.15, -0.1) is 0 Å². The van der Waals surface area contributed by atoms with Crippen LogP contribution in [0.2, 0.25) is 0 Å². The summed E-state index contributed by atoms with van der Waals surface area (Å²) in [4.78, 5) is 11.4. The van der Waals surface area contributed by atoms with Gasteiger partial charge in [-0.3, -0.25) is 4.79 Å². The number of carbonyl (C=O) groups excluding carboxylic acids is 1. The normalized spacial score (nSPS) is 10.1. The fraction of sp³-hybridized carbons (Fsp3) is 0.533. The predicted molar refractivity (Wildman–Crippen MR) is 81.1 cm³/mol. The molecule has 0 spiro atoms. The average Bonchev–Trinajstić information content (AvgIpc) is 2.48. The Hall–Kier alpha value is -1.95. The molecule has 0 aliphatic rings. The van der Waals surface area contributed by atoms with Crippen LogP contribution in [-0.2, 0) is 11.3 Å². The minimum Gasteiger partial charge on any atom is -0.493 e. The van der Waals surface area contributed by atoms with Gasteiger partial charge in [0.25, 0.3) is 0 Å². The average molecular weight is 296 g/mol. The molecule has 0 saturated carbocycles. The highest BCUT2D eigenvalue weighted by Crippen LogP contribution is 2.38. The van der Waals surface area contributed by atoms with E-state index in [9.17, 15) is 4.79 Å². The molecule has 0 fully saturated rings. The summed E-state index contributed by atoms with van der Waals surface area (Å²) in [6, 6.07) is 3.78. The Kier molecular flexibility index (Phi) is 7.39. The first-order chi connectivity index (χ1) is 10.2. The van der Waals surface area contributed by atoms with Crippen LogP contribution in [0.4, 0.5) is 0 Å². The molecule has 1 aromatic carbocycles. The molecule has 0 aromatic heterocycles. The maximum absolute atomic E-state index is 11.4. The summed E-state index contributed by atoms with van der Waals surface area (Å²) in [7, 11) is 5.03. The highest BCUT2D eigenvalue weighted by Gasteiger charge is 2.14. The molecule has 0 unspecified atom stereocenters. The summed E-state index contributed by atoms with van der Waals surface area (Å²) in [5.74, 6) is 1.66. The molecular formula is C15H24N2O4. The highest BCUT2D eigenvalue weighted by molar-refractivity contribution is 5.75. The quantitative estimate of drug-likeness (QED) is 0.719. The van der Waals surface area contributed by atoms with Crippen molar-refractivity contribution in [3.05, 3.63) is 17.7 Å². The van der Waals surface area contributed by atoms with Crippen LogP contribution in [-0.4, -0.2) is 40.3 Å². The molecule has 6 heteroatoms. The van der Waals surface area contributed by atoms with Crippen molar-refractivity contribution in [3.8, 4) is 17.2 Å². The van der Waals surface area contributed by atoms with E-state index >= 15 is 0 Å². The monoisotopic (exact) mass is 296 g/mol. The molecule has 0 atom stereocenters. The Labute approximate surface area is 125 Å². The maximum atomic E-state index is 11.4. The molecule has 0 heterocycles. The van der Waals surface area contributed by atoms with Crippen molar-refractivity contribution in [1.29, 1.82) is 0 Å². The van der Waals surface area contributed by atoms with E-state index in [4.69, 9.17) is 14.2 Å². The molecular weight excluding hydrogens is 272 g/mol. The van der Waals surface area contributed by atoms with Crippen LogP contribution < -0.4 is 24.8 Å². The van der Waals surface area contributed by atoms with Gasteiger partial charge in [-0.25, -0.2) is 0 Å². The number of nitrogens with one attached hydrogen (secondary N) is 2. The maximum Gasteiger partial charge on any atom is 0.223 e. The van der Waals surface area contributed by atoms with Gasteiger partial charge in [-0.05, 0) is 31.7 Å². The number of benzene rings is 1. The van der Waals surface area contributed by atoms with Gasteiger partial charge in [0.05, 0.1) is 27.2 Å². The fourth-order valence-corrected chi connectivity index (χ4v) is 1.91. The first kappa shape index (κ1) is 17.1. The number of carbonyl (C=O) groups is 1. The van der Waals surface area contributed by atoms with E-state index in [0.717, 1.165) is 5.56 Å². The Morgan fingerprint density at radius 3 is 2.29 bits per heavy atom. The van der Waals surface area contributed by atoms with E-state index < -0.39 is 0 Å². The second-order valence-corrected chi connectivity index (χ2v) is 4.41. The first-order valence-corrected chi connectivity index (χ1v) is 6.95.